The molecule has 0 spiro atoms. The smallest absolute Gasteiger partial charge is 0.326 e. The number of hydrogen-bond donors (Lipinski definition) is 6. The van der Waals surface area contributed by atoms with Gasteiger partial charge in [-0.25, -0.2) is 4.79 Å². The van der Waals surface area contributed by atoms with E-state index in [1.807, 2.05) is 60.7 Å². The molecule has 42 heavy (non-hydrogen) atoms. The predicted octanol–water partition coefficient (Wildman–Crippen LogP) is 2.05. The monoisotopic (exact) mass is 602 g/mol. The van der Waals surface area contributed by atoms with E-state index in [0.29, 0.717) is 30.7 Å². The van der Waals surface area contributed by atoms with Crippen LogP contribution in [-0.4, -0.2) is 70.9 Å². The third kappa shape index (κ3) is 18.1. The summed E-state index contributed by atoms with van der Waals surface area (Å²) in [6.07, 6.45) is 0.659. The molecule has 0 aliphatic rings. The van der Waals surface area contributed by atoms with Crippen molar-refractivity contribution in [3.8, 4) is 0 Å². The van der Waals surface area contributed by atoms with Crippen LogP contribution in [0.2, 0.25) is 0 Å². The molecule has 228 valence electrons. The second-order valence-electron chi connectivity index (χ2n) is 8.98. The molecule has 12 heteroatoms. The van der Waals surface area contributed by atoms with Crippen LogP contribution in [0.4, 0.5) is 0 Å². The van der Waals surface area contributed by atoms with Crippen LogP contribution in [0.15, 0.2) is 85.0 Å². The molecule has 0 aliphatic carbocycles. The number of halogens is 1. The average Bonchev–Trinajstić information content (AvgIpc) is 2.95. The van der Waals surface area contributed by atoms with Crippen LogP contribution in [0.5, 0.6) is 0 Å². The summed E-state index contributed by atoms with van der Waals surface area (Å²) < 4.78 is 0. The normalized spacial score (nSPS) is 11.1. The van der Waals surface area contributed by atoms with E-state index in [-0.39, 0.29) is 18.9 Å². The maximum atomic E-state index is 11.3. The van der Waals surface area contributed by atoms with Crippen molar-refractivity contribution in [1.82, 2.24) is 16.0 Å². The van der Waals surface area contributed by atoms with E-state index in [1.54, 1.807) is 13.8 Å². The van der Waals surface area contributed by atoms with Crippen molar-refractivity contribution in [3.63, 3.8) is 0 Å². The summed E-state index contributed by atoms with van der Waals surface area (Å²) in [4.78, 5) is 54.2. The molecule has 2 aromatic rings. The van der Waals surface area contributed by atoms with Crippen LogP contribution < -0.4 is 21.7 Å². The van der Waals surface area contributed by atoms with Crippen molar-refractivity contribution in [2.75, 3.05) is 19.6 Å². The van der Waals surface area contributed by atoms with E-state index in [0.717, 1.165) is 11.1 Å². The zero-order valence-corrected chi connectivity index (χ0v) is 24.5. The van der Waals surface area contributed by atoms with Gasteiger partial charge in [-0.3, -0.25) is 19.2 Å². The fourth-order valence-electron chi connectivity index (χ4n) is 2.97. The first-order valence-electron chi connectivity index (χ1n) is 12.8. The molecule has 0 fully saturated rings. The number of allylic oxidation sites excluding steroid dienone is 1. The Morgan fingerprint density at radius 1 is 0.786 bits per heavy atom. The summed E-state index contributed by atoms with van der Waals surface area (Å²) in [5.74, 6) is -2.66. The highest BCUT2D eigenvalue weighted by Crippen LogP contribution is 2.04. The number of carbonyl (C=O) groups excluding carboxylic acids is 3. The lowest BCUT2D eigenvalue weighted by molar-refractivity contribution is -0.141. The Kier molecular flexibility index (Phi) is 19.2. The zero-order valence-electron chi connectivity index (χ0n) is 23.8. The molecule has 0 saturated heterocycles. The number of hydrogen-bond acceptors (Lipinski definition) is 7. The third-order valence-electron chi connectivity index (χ3n) is 5.21. The van der Waals surface area contributed by atoms with Gasteiger partial charge in [0.25, 0.3) is 0 Å². The van der Waals surface area contributed by atoms with Crippen molar-refractivity contribution in [2.45, 2.75) is 38.8 Å². The van der Waals surface area contributed by atoms with Gasteiger partial charge in [0.2, 0.25) is 17.1 Å². The molecule has 0 aliphatic heterocycles. The Morgan fingerprint density at radius 2 is 1.21 bits per heavy atom. The number of carboxylic acid groups (broad SMARTS) is 2. The Morgan fingerprint density at radius 3 is 1.57 bits per heavy atom. The largest absolute Gasteiger partial charge is 0.480 e. The number of amides is 2. The molecule has 2 unspecified atom stereocenters. The van der Waals surface area contributed by atoms with Gasteiger partial charge >= 0.3 is 11.9 Å². The molecule has 0 radical (unpaired) electrons. The van der Waals surface area contributed by atoms with Crippen molar-refractivity contribution in [3.05, 3.63) is 96.1 Å². The summed E-state index contributed by atoms with van der Waals surface area (Å²) in [5, 5.41) is 25.5. The molecule has 2 rings (SSSR count). The predicted molar refractivity (Wildman–Crippen MR) is 162 cm³/mol. The quantitative estimate of drug-likeness (QED) is 0.107. The maximum absolute atomic E-state index is 11.3. The lowest BCUT2D eigenvalue weighted by Crippen LogP contribution is -2.44. The summed E-state index contributed by atoms with van der Waals surface area (Å²) in [6, 6.07) is 16.9. The molecular weight excluding hydrogens is 564 g/mol. The van der Waals surface area contributed by atoms with Crippen molar-refractivity contribution >= 4 is 40.6 Å². The standard InChI is InChI=1S/C15H20N2O3.C11H14N2O3.C4H5ClO/c1-11(2)14(18)17-9-8-16-13(15(19)20)10-12-6-4-3-5-7-12;12-7-10(14)13-9(11(15)16)6-8-4-2-1-3-5-8;1-3(2)4(5)6/h3-7,13,16H,1,8-10H2,2H3,(H,17,18)(H,19,20);1-5,9H,6-7,12H2,(H,13,14)(H,15,16);1H2,2H3. The van der Waals surface area contributed by atoms with Crippen LogP contribution in [-0.2, 0) is 36.8 Å². The van der Waals surface area contributed by atoms with E-state index in [4.69, 9.17) is 27.5 Å². The van der Waals surface area contributed by atoms with E-state index in [2.05, 4.69) is 29.1 Å². The van der Waals surface area contributed by atoms with Crippen molar-refractivity contribution in [1.29, 1.82) is 0 Å². The Balaban J connectivity index is 0.000000682. The fraction of sp³-hybridized carbons (Fsp3) is 0.300. The van der Waals surface area contributed by atoms with Gasteiger partial charge in [-0.05, 0) is 43.0 Å². The molecule has 2 atom stereocenters. The lowest BCUT2D eigenvalue weighted by Gasteiger charge is -2.15. The fourth-order valence-corrected chi connectivity index (χ4v) is 2.97. The highest BCUT2D eigenvalue weighted by molar-refractivity contribution is 6.67. The summed E-state index contributed by atoms with van der Waals surface area (Å²) in [6.45, 7) is 10.5. The molecule has 0 aromatic heterocycles. The summed E-state index contributed by atoms with van der Waals surface area (Å²) in [5.41, 5.74) is 7.74. The molecule has 2 amide bonds. The second-order valence-corrected chi connectivity index (χ2v) is 9.32. The van der Waals surface area contributed by atoms with E-state index in [9.17, 15) is 24.0 Å². The number of carbonyl (C=O) groups is 5. The molecule has 2 aromatic carbocycles. The maximum Gasteiger partial charge on any atom is 0.326 e. The van der Waals surface area contributed by atoms with Crippen LogP contribution in [0, 0.1) is 0 Å². The van der Waals surface area contributed by atoms with E-state index < -0.39 is 35.2 Å². The summed E-state index contributed by atoms with van der Waals surface area (Å²) in [7, 11) is 0. The van der Waals surface area contributed by atoms with Gasteiger partial charge < -0.3 is 31.9 Å². The van der Waals surface area contributed by atoms with Crippen LogP contribution in [0.3, 0.4) is 0 Å². The van der Waals surface area contributed by atoms with Crippen LogP contribution >= 0.6 is 11.6 Å². The highest BCUT2D eigenvalue weighted by Gasteiger charge is 2.19. The zero-order chi connectivity index (χ0) is 32.1. The van der Waals surface area contributed by atoms with Crippen LogP contribution in [0.25, 0.3) is 0 Å². The van der Waals surface area contributed by atoms with Gasteiger partial charge in [0.1, 0.15) is 12.1 Å². The molecule has 0 saturated carbocycles. The van der Waals surface area contributed by atoms with Gasteiger partial charge in [-0.15, -0.1) is 0 Å². The third-order valence-corrected chi connectivity index (χ3v) is 5.53. The SMILES string of the molecule is C=C(C)C(=O)Cl.C=C(C)C(=O)NCCNC(Cc1ccccc1)C(=O)O.NCC(=O)NC(Cc1ccccc1)C(=O)O. The topological polar surface area (TPSA) is 188 Å². The number of nitrogens with one attached hydrogen (secondary N) is 3. The Labute approximate surface area is 250 Å². The van der Waals surface area contributed by atoms with Gasteiger partial charge in [0, 0.05) is 30.7 Å². The Bertz CT molecular complexity index is 1180. The van der Waals surface area contributed by atoms with Crippen molar-refractivity contribution < 1.29 is 34.2 Å². The Hall–Kier alpha value is -4.32. The number of aliphatic carboxylic acids is 2. The van der Waals surface area contributed by atoms with E-state index in [1.165, 1.54) is 0 Å². The van der Waals surface area contributed by atoms with Gasteiger partial charge in [0.05, 0.1) is 6.54 Å². The number of rotatable bonds is 14. The van der Waals surface area contributed by atoms with Gasteiger partial charge in [0.15, 0.2) is 0 Å². The second kappa shape index (κ2) is 21.4. The minimum absolute atomic E-state index is 0.210. The molecular formula is C30H39ClN4O7. The molecule has 7 N–H and O–H groups in total. The molecule has 0 heterocycles. The van der Waals surface area contributed by atoms with Crippen molar-refractivity contribution in [2.24, 2.45) is 5.73 Å². The number of carboxylic acids is 2. The lowest BCUT2D eigenvalue weighted by atomic mass is 10.1. The first kappa shape index (κ1) is 37.7. The average molecular weight is 603 g/mol. The minimum atomic E-state index is -1.06. The highest BCUT2D eigenvalue weighted by atomic mass is 35.5. The first-order valence-corrected chi connectivity index (χ1v) is 13.2. The van der Waals surface area contributed by atoms with E-state index >= 15 is 0 Å². The molecule has 0 bridgehead atoms. The van der Waals surface area contributed by atoms with Crippen LogP contribution in [0.1, 0.15) is 25.0 Å². The van der Waals surface area contributed by atoms with Gasteiger partial charge in [-0.1, -0.05) is 73.8 Å². The molecule has 11 nitrogen and oxygen atoms in total. The minimum Gasteiger partial charge on any atom is -0.480 e. The number of benzene rings is 2. The summed E-state index contributed by atoms with van der Waals surface area (Å²) >= 11 is 4.87. The number of nitrogens with two attached hydrogens (primary N) is 1. The van der Waals surface area contributed by atoms with Gasteiger partial charge in [-0.2, -0.15) is 0 Å². The first-order chi connectivity index (χ1) is 19.8.